The first kappa shape index (κ1) is 14.4. The van der Waals surface area contributed by atoms with Crippen molar-refractivity contribution in [3.63, 3.8) is 0 Å². The Hall–Kier alpha value is -2.58. The molecule has 0 unspecified atom stereocenters. The zero-order chi connectivity index (χ0) is 15.9. The second kappa shape index (κ2) is 5.00. The summed E-state index contributed by atoms with van der Waals surface area (Å²) < 4.78 is 39.3. The lowest BCUT2D eigenvalue weighted by Crippen LogP contribution is -2.39. The van der Waals surface area contributed by atoms with Crippen LogP contribution in [-0.2, 0) is 19.3 Å². The van der Waals surface area contributed by atoms with Gasteiger partial charge in [-0.25, -0.2) is 0 Å². The van der Waals surface area contributed by atoms with Crippen molar-refractivity contribution in [2.75, 3.05) is 12.3 Å². The van der Waals surface area contributed by atoms with Gasteiger partial charge in [0.15, 0.2) is 5.82 Å². The second-order valence-electron chi connectivity index (χ2n) is 4.94. The Morgan fingerprint density at radius 3 is 2.68 bits per heavy atom. The monoisotopic (exact) mass is 311 g/mol. The van der Waals surface area contributed by atoms with Gasteiger partial charge >= 0.3 is 6.18 Å². The largest absolute Gasteiger partial charge is 0.451 e. The fourth-order valence-electron chi connectivity index (χ4n) is 2.40. The number of aromatic nitrogens is 3. The van der Waals surface area contributed by atoms with Crippen LogP contribution in [0.3, 0.4) is 0 Å². The van der Waals surface area contributed by atoms with E-state index < -0.39 is 12.0 Å². The van der Waals surface area contributed by atoms with Crippen molar-refractivity contribution in [3.05, 3.63) is 41.5 Å². The Balaban J connectivity index is 1.83. The molecule has 22 heavy (non-hydrogen) atoms. The van der Waals surface area contributed by atoms with Gasteiger partial charge < -0.3 is 15.2 Å². The van der Waals surface area contributed by atoms with Crippen LogP contribution in [0.5, 0.6) is 0 Å². The van der Waals surface area contributed by atoms with Crippen molar-refractivity contribution in [1.29, 1.82) is 0 Å². The normalized spacial score (nSPS) is 14.8. The van der Waals surface area contributed by atoms with E-state index in [0.717, 1.165) is 4.57 Å². The van der Waals surface area contributed by atoms with Gasteiger partial charge in [-0.15, -0.1) is 10.2 Å². The molecule has 0 saturated heterocycles. The topological polar surface area (TPSA) is 77.0 Å². The van der Waals surface area contributed by atoms with E-state index in [1.165, 1.54) is 11.0 Å². The van der Waals surface area contributed by atoms with Gasteiger partial charge in [-0.1, -0.05) is 6.07 Å². The maximum absolute atomic E-state index is 12.8. The smallest absolute Gasteiger partial charge is 0.399 e. The number of nitrogens with two attached hydrogens (primary N) is 1. The zero-order valence-electron chi connectivity index (χ0n) is 11.3. The lowest BCUT2D eigenvalue weighted by molar-refractivity contribution is -0.147. The molecule has 0 spiro atoms. The van der Waals surface area contributed by atoms with E-state index in [0.29, 0.717) is 11.3 Å². The van der Waals surface area contributed by atoms with Crippen LogP contribution in [0.4, 0.5) is 18.9 Å². The minimum atomic E-state index is -4.55. The summed E-state index contributed by atoms with van der Waals surface area (Å²) in [6, 6.07) is 6.44. The molecule has 0 atom stereocenters. The van der Waals surface area contributed by atoms with Gasteiger partial charge in [-0.05, 0) is 18.2 Å². The molecule has 0 fully saturated rings. The predicted molar refractivity (Wildman–Crippen MR) is 70.6 cm³/mol. The highest BCUT2D eigenvalue weighted by atomic mass is 19.4. The molecule has 2 heterocycles. The van der Waals surface area contributed by atoms with E-state index in [4.69, 9.17) is 5.73 Å². The quantitative estimate of drug-likeness (QED) is 0.810. The zero-order valence-corrected chi connectivity index (χ0v) is 11.3. The van der Waals surface area contributed by atoms with Crippen molar-refractivity contribution < 1.29 is 18.0 Å². The van der Waals surface area contributed by atoms with Crippen LogP contribution in [0.15, 0.2) is 24.3 Å². The molecule has 2 aromatic rings. The number of carbonyl (C=O) groups is 1. The number of nitrogen functional groups attached to an aromatic ring is 1. The van der Waals surface area contributed by atoms with Crippen LogP contribution in [0.1, 0.15) is 22.0 Å². The molecule has 0 bridgehead atoms. The van der Waals surface area contributed by atoms with E-state index in [2.05, 4.69) is 10.2 Å². The number of nitrogens with zero attached hydrogens (tertiary/aromatic N) is 4. The summed E-state index contributed by atoms with van der Waals surface area (Å²) in [5, 5.41) is 6.72. The first-order valence-electron chi connectivity index (χ1n) is 6.50. The molecule has 1 aromatic carbocycles. The van der Waals surface area contributed by atoms with Crippen LogP contribution < -0.4 is 5.73 Å². The Kier molecular flexibility index (Phi) is 3.27. The van der Waals surface area contributed by atoms with Gasteiger partial charge in [0, 0.05) is 24.3 Å². The van der Waals surface area contributed by atoms with Crippen LogP contribution >= 0.6 is 0 Å². The number of halogens is 3. The molecule has 1 amide bonds. The number of benzene rings is 1. The summed E-state index contributed by atoms with van der Waals surface area (Å²) in [5.41, 5.74) is 6.47. The lowest BCUT2D eigenvalue weighted by atomic mass is 10.1. The number of anilines is 1. The van der Waals surface area contributed by atoms with Gasteiger partial charge in [0.1, 0.15) is 0 Å². The number of hydrogen-bond donors (Lipinski definition) is 1. The number of carbonyl (C=O) groups excluding carboxylic acids is 1. The fourth-order valence-corrected chi connectivity index (χ4v) is 2.40. The Morgan fingerprint density at radius 2 is 2.00 bits per heavy atom. The Morgan fingerprint density at radius 1 is 1.23 bits per heavy atom. The average molecular weight is 311 g/mol. The standard InChI is InChI=1S/C13H12F3N5O/c14-13(15,16)12-19-18-10-7-20(4-5-21(10)12)11(22)8-2-1-3-9(17)6-8/h1-3,6H,4-5,7,17H2. The van der Waals surface area contributed by atoms with Crippen LogP contribution in [-0.4, -0.2) is 32.1 Å². The van der Waals surface area contributed by atoms with Crippen molar-refractivity contribution in [2.24, 2.45) is 0 Å². The number of fused-ring (bicyclic) bond motifs is 1. The second-order valence-corrected chi connectivity index (χ2v) is 4.94. The number of hydrogen-bond acceptors (Lipinski definition) is 4. The first-order valence-corrected chi connectivity index (χ1v) is 6.50. The highest BCUT2D eigenvalue weighted by molar-refractivity contribution is 5.95. The van der Waals surface area contributed by atoms with E-state index >= 15 is 0 Å². The van der Waals surface area contributed by atoms with Crippen LogP contribution in [0.25, 0.3) is 0 Å². The highest BCUT2D eigenvalue weighted by Crippen LogP contribution is 2.29. The third-order valence-corrected chi connectivity index (χ3v) is 3.43. The maximum Gasteiger partial charge on any atom is 0.451 e. The van der Waals surface area contributed by atoms with Crippen molar-refractivity contribution in [1.82, 2.24) is 19.7 Å². The lowest BCUT2D eigenvalue weighted by Gasteiger charge is -2.28. The fraction of sp³-hybridized carbons (Fsp3) is 0.308. The summed E-state index contributed by atoms with van der Waals surface area (Å²) in [6.45, 7) is 0.143. The molecular weight excluding hydrogens is 299 g/mol. The molecule has 3 rings (SSSR count). The van der Waals surface area contributed by atoms with E-state index in [1.54, 1.807) is 18.2 Å². The number of amides is 1. The van der Waals surface area contributed by atoms with Crippen LogP contribution in [0, 0.1) is 0 Å². The van der Waals surface area contributed by atoms with Gasteiger partial charge in [0.05, 0.1) is 6.54 Å². The molecule has 0 aliphatic carbocycles. The maximum atomic E-state index is 12.8. The summed E-state index contributed by atoms with van der Waals surface area (Å²) in [5.74, 6) is -1.20. The van der Waals surface area contributed by atoms with Gasteiger partial charge in [0.25, 0.3) is 5.91 Å². The van der Waals surface area contributed by atoms with Crippen molar-refractivity contribution in [2.45, 2.75) is 19.3 Å². The summed E-state index contributed by atoms with van der Waals surface area (Å²) in [4.78, 5) is 13.8. The van der Waals surface area contributed by atoms with Gasteiger partial charge in [0.2, 0.25) is 5.82 Å². The van der Waals surface area contributed by atoms with Crippen molar-refractivity contribution >= 4 is 11.6 Å². The third kappa shape index (κ3) is 2.49. The van der Waals surface area contributed by atoms with E-state index in [9.17, 15) is 18.0 Å². The summed E-state index contributed by atoms with van der Waals surface area (Å²) in [6.07, 6.45) is -4.55. The van der Waals surface area contributed by atoms with E-state index in [-0.39, 0.29) is 31.4 Å². The summed E-state index contributed by atoms with van der Waals surface area (Å²) >= 11 is 0. The SMILES string of the molecule is Nc1cccc(C(=O)N2CCn3c(nnc3C(F)(F)F)C2)c1. The average Bonchev–Trinajstić information content (AvgIpc) is 2.89. The first-order chi connectivity index (χ1) is 10.4. The third-order valence-electron chi connectivity index (χ3n) is 3.43. The van der Waals surface area contributed by atoms with Crippen LogP contribution in [0.2, 0.25) is 0 Å². The molecule has 1 aliphatic rings. The molecule has 9 heteroatoms. The Bertz CT molecular complexity index is 725. The highest BCUT2D eigenvalue weighted by Gasteiger charge is 2.39. The van der Waals surface area contributed by atoms with E-state index in [1.807, 2.05) is 0 Å². The minimum Gasteiger partial charge on any atom is -0.399 e. The number of alkyl halides is 3. The predicted octanol–water partition coefficient (Wildman–Crippen LogP) is 1.54. The molecule has 1 aliphatic heterocycles. The minimum absolute atomic E-state index is 0.00519. The summed E-state index contributed by atoms with van der Waals surface area (Å²) in [7, 11) is 0. The van der Waals surface area contributed by atoms with Gasteiger partial charge in [-0.3, -0.25) is 4.79 Å². The molecular formula is C13H12F3N5O. The number of rotatable bonds is 1. The molecule has 0 radical (unpaired) electrons. The molecule has 2 N–H and O–H groups in total. The van der Waals surface area contributed by atoms with Crippen molar-refractivity contribution in [3.8, 4) is 0 Å². The molecule has 0 saturated carbocycles. The molecule has 1 aromatic heterocycles. The van der Waals surface area contributed by atoms with Gasteiger partial charge in [-0.2, -0.15) is 13.2 Å². The molecule has 116 valence electrons. The Labute approximate surface area is 123 Å². The molecule has 6 nitrogen and oxygen atoms in total.